The van der Waals surface area contributed by atoms with Gasteiger partial charge >= 0.3 is 5.97 Å². The molecule has 7 heteroatoms. The maximum absolute atomic E-state index is 12.5. The molecular weight excluding hydrogens is 322 g/mol. The Balaban J connectivity index is 1.90. The molecule has 0 aliphatic carbocycles. The number of carbonyl (C=O) groups excluding carboxylic acids is 2. The maximum Gasteiger partial charge on any atom is 0.327 e. The van der Waals surface area contributed by atoms with Crippen molar-refractivity contribution >= 4 is 23.9 Å². The van der Waals surface area contributed by atoms with Gasteiger partial charge in [-0.2, -0.15) is 0 Å². The zero-order valence-corrected chi connectivity index (χ0v) is 14.7. The first-order valence-electron chi connectivity index (χ1n) is 8.08. The lowest BCUT2D eigenvalue weighted by Gasteiger charge is -2.40. The van der Waals surface area contributed by atoms with Gasteiger partial charge in [-0.1, -0.05) is 13.8 Å². The summed E-state index contributed by atoms with van der Waals surface area (Å²) in [5, 5.41) is 9.45. The molecule has 2 saturated heterocycles. The zero-order chi connectivity index (χ0) is 18.5. The van der Waals surface area contributed by atoms with Gasteiger partial charge in [0.2, 0.25) is 0 Å². The Morgan fingerprint density at radius 1 is 1.40 bits per heavy atom. The average Bonchev–Trinajstić information content (AvgIpc) is 2.80. The molecule has 2 atom stereocenters. The van der Waals surface area contributed by atoms with E-state index in [4.69, 9.17) is 0 Å². The number of rotatable bonds is 3. The van der Waals surface area contributed by atoms with Crippen molar-refractivity contribution in [3.63, 3.8) is 0 Å². The van der Waals surface area contributed by atoms with Crippen LogP contribution in [0, 0.1) is 5.41 Å². The fourth-order valence-corrected chi connectivity index (χ4v) is 3.70. The van der Waals surface area contributed by atoms with Gasteiger partial charge in [0.1, 0.15) is 6.04 Å². The minimum absolute atomic E-state index is 0.142. The van der Waals surface area contributed by atoms with Gasteiger partial charge in [0.15, 0.2) is 0 Å². The van der Waals surface area contributed by atoms with Crippen LogP contribution < -0.4 is 0 Å². The summed E-state index contributed by atoms with van der Waals surface area (Å²) >= 11 is 0. The van der Waals surface area contributed by atoms with Crippen LogP contribution in [0.4, 0.5) is 0 Å². The number of carbonyl (C=O) groups is 3. The third kappa shape index (κ3) is 2.69. The lowest BCUT2D eigenvalue weighted by atomic mass is 9.83. The number of pyridine rings is 1. The molecule has 0 bridgehead atoms. The van der Waals surface area contributed by atoms with E-state index in [0.717, 1.165) is 0 Å². The Bertz CT molecular complexity index is 797. The molecule has 3 heterocycles. The number of hydrogen-bond donors (Lipinski definition) is 1. The lowest BCUT2D eigenvalue weighted by Crippen LogP contribution is -2.57. The zero-order valence-electron chi connectivity index (χ0n) is 14.7. The first-order valence-corrected chi connectivity index (χ1v) is 8.08. The summed E-state index contributed by atoms with van der Waals surface area (Å²) in [6.07, 6.45) is 3.79. The van der Waals surface area contributed by atoms with Crippen LogP contribution in [0.1, 0.15) is 36.3 Å². The second kappa shape index (κ2) is 5.68. The third-order valence-electron chi connectivity index (χ3n) is 4.89. The summed E-state index contributed by atoms with van der Waals surface area (Å²) in [4.78, 5) is 43.2. The normalized spacial score (nSPS) is 25.5. The van der Waals surface area contributed by atoms with Crippen molar-refractivity contribution in [1.29, 1.82) is 0 Å². The van der Waals surface area contributed by atoms with Crippen molar-refractivity contribution < 1.29 is 19.5 Å². The Hall–Kier alpha value is -2.70. The van der Waals surface area contributed by atoms with Crippen LogP contribution in [0.3, 0.4) is 0 Å². The quantitative estimate of drug-likeness (QED) is 0.659. The molecule has 7 nitrogen and oxygen atoms in total. The van der Waals surface area contributed by atoms with Gasteiger partial charge in [0.25, 0.3) is 11.8 Å². The Kier molecular flexibility index (Phi) is 3.89. The second-order valence-corrected chi connectivity index (χ2v) is 7.43. The van der Waals surface area contributed by atoms with Crippen LogP contribution in [0.2, 0.25) is 0 Å². The molecule has 0 saturated carbocycles. The van der Waals surface area contributed by atoms with Crippen molar-refractivity contribution in [2.24, 2.45) is 5.41 Å². The molecule has 2 aliphatic heterocycles. The standard InChI is InChI=1S/C18H21N3O4/c1-18(2)9-13-12(16(23)21(13)14(18)17(24)25)8-11-7-10(5-6-19-11)15(22)20(3)4/h5-8,13-14H,9H2,1-4H3,(H,24,25)/b12-8+/t13?,14-/m0/s1. The highest BCUT2D eigenvalue weighted by Crippen LogP contribution is 2.49. The van der Waals surface area contributed by atoms with E-state index in [0.29, 0.717) is 23.3 Å². The van der Waals surface area contributed by atoms with E-state index >= 15 is 0 Å². The van der Waals surface area contributed by atoms with Gasteiger partial charge in [-0.25, -0.2) is 4.79 Å². The van der Waals surface area contributed by atoms with Gasteiger partial charge in [-0.3, -0.25) is 14.6 Å². The van der Waals surface area contributed by atoms with E-state index < -0.39 is 17.4 Å². The minimum Gasteiger partial charge on any atom is -0.480 e. The van der Waals surface area contributed by atoms with E-state index in [1.54, 1.807) is 32.3 Å². The number of amides is 2. The highest BCUT2D eigenvalue weighted by molar-refractivity contribution is 6.08. The molecule has 25 heavy (non-hydrogen) atoms. The first-order chi connectivity index (χ1) is 11.6. The predicted molar refractivity (Wildman–Crippen MR) is 90.7 cm³/mol. The fraction of sp³-hybridized carbons (Fsp3) is 0.444. The van der Waals surface area contributed by atoms with E-state index in [2.05, 4.69) is 4.98 Å². The number of fused-ring (bicyclic) bond motifs is 1. The number of β-lactam (4-membered cyclic amide) rings is 1. The molecule has 2 amide bonds. The smallest absolute Gasteiger partial charge is 0.327 e. The van der Waals surface area contributed by atoms with E-state index in [9.17, 15) is 19.5 Å². The van der Waals surface area contributed by atoms with Crippen LogP contribution in [0.25, 0.3) is 6.08 Å². The van der Waals surface area contributed by atoms with Crippen molar-refractivity contribution in [3.05, 3.63) is 35.2 Å². The van der Waals surface area contributed by atoms with Crippen molar-refractivity contribution in [1.82, 2.24) is 14.8 Å². The number of nitrogens with zero attached hydrogens (tertiary/aromatic N) is 3. The summed E-state index contributed by atoms with van der Waals surface area (Å²) in [7, 11) is 3.34. The molecule has 0 radical (unpaired) electrons. The summed E-state index contributed by atoms with van der Waals surface area (Å²) in [6.45, 7) is 3.73. The molecular formula is C18H21N3O4. The molecule has 2 fully saturated rings. The molecule has 1 aromatic rings. The van der Waals surface area contributed by atoms with Crippen LogP contribution in [-0.4, -0.2) is 63.9 Å². The summed E-state index contributed by atoms with van der Waals surface area (Å²) in [5.74, 6) is -1.39. The Labute approximate surface area is 145 Å². The van der Waals surface area contributed by atoms with Crippen LogP contribution in [0.15, 0.2) is 23.9 Å². The van der Waals surface area contributed by atoms with Crippen molar-refractivity contribution in [2.75, 3.05) is 14.1 Å². The SMILES string of the molecule is CN(C)C(=O)c1ccnc(/C=C2/C(=O)N3C2CC(C)(C)[C@@H]3C(=O)O)c1. The number of carboxylic acids is 1. The number of carboxylic acid groups (broad SMARTS) is 1. The Morgan fingerprint density at radius 2 is 2.08 bits per heavy atom. The van der Waals surface area contributed by atoms with Gasteiger partial charge in [0.05, 0.1) is 11.7 Å². The minimum atomic E-state index is -0.975. The van der Waals surface area contributed by atoms with Gasteiger partial charge < -0.3 is 14.9 Å². The Morgan fingerprint density at radius 3 is 2.68 bits per heavy atom. The van der Waals surface area contributed by atoms with Crippen LogP contribution in [0.5, 0.6) is 0 Å². The number of hydrogen-bond acceptors (Lipinski definition) is 4. The first kappa shape index (κ1) is 17.1. The molecule has 0 aromatic carbocycles. The van der Waals surface area contributed by atoms with Crippen molar-refractivity contribution in [2.45, 2.75) is 32.4 Å². The van der Waals surface area contributed by atoms with Crippen LogP contribution >= 0.6 is 0 Å². The van der Waals surface area contributed by atoms with Crippen LogP contribution in [-0.2, 0) is 9.59 Å². The maximum atomic E-state index is 12.5. The molecule has 3 rings (SSSR count). The van der Waals surface area contributed by atoms with Gasteiger partial charge in [-0.05, 0) is 30.0 Å². The predicted octanol–water partition coefficient (Wildman–Crippen LogP) is 1.26. The number of aliphatic carboxylic acids is 1. The molecule has 132 valence electrons. The van der Waals surface area contributed by atoms with E-state index in [-0.39, 0.29) is 17.9 Å². The third-order valence-corrected chi connectivity index (χ3v) is 4.89. The highest BCUT2D eigenvalue weighted by atomic mass is 16.4. The van der Waals surface area contributed by atoms with Gasteiger partial charge in [0, 0.05) is 31.4 Å². The lowest BCUT2D eigenvalue weighted by molar-refractivity contribution is -0.154. The highest BCUT2D eigenvalue weighted by Gasteiger charge is 2.60. The van der Waals surface area contributed by atoms with Crippen molar-refractivity contribution in [3.8, 4) is 0 Å². The molecule has 1 aromatic heterocycles. The van der Waals surface area contributed by atoms with E-state index in [1.807, 2.05) is 13.8 Å². The molecule has 0 spiro atoms. The monoisotopic (exact) mass is 343 g/mol. The summed E-state index contributed by atoms with van der Waals surface area (Å²) in [6, 6.07) is 2.24. The summed E-state index contributed by atoms with van der Waals surface area (Å²) in [5.41, 5.74) is 1.08. The number of aromatic nitrogens is 1. The summed E-state index contributed by atoms with van der Waals surface area (Å²) < 4.78 is 0. The fourth-order valence-electron chi connectivity index (χ4n) is 3.70. The molecule has 1 unspecified atom stereocenters. The van der Waals surface area contributed by atoms with E-state index in [1.165, 1.54) is 16.0 Å². The van der Waals surface area contributed by atoms with Gasteiger partial charge in [-0.15, -0.1) is 0 Å². The molecule has 2 aliphatic rings. The molecule has 1 N–H and O–H groups in total. The topological polar surface area (TPSA) is 90.8 Å². The largest absolute Gasteiger partial charge is 0.480 e. The average molecular weight is 343 g/mol. The second-order valence-electron chi connectivity index (χ2n) is 7.43.